The smallest absolute Gasteiger partial charge is 0.223 e. The van der Waals surface area contributed by atoms with E-state index in [1.54, 1.807) is 0 Å². The molecule has 2 N–H and O–H groups in total. The van der Waals surface area contributed by atoms with Gasteiger partial charge in [-0.25, -0.2) is 0 Å². The molecule has 1 aliphatic carbocycles. The Hall–Kier alpha value is -1.35. The molecule has 3 rings (SSSR count). The quantitative estimate of drug-likeness (QED) is 0.893. The molecule has 0 spiro atoms. The van der Waals surface area contributed by atoms with E-state index < -0.39 is 0 Å². The molecule has 0 saturated heterocycles. The largest absolute Gasteiger partial charge is 0.352 e. The van der Waals surface area contributed by atoms with Gasteiger partial charge in [0.2, 0.25) is 5.91 Å². The van der Waals surface area contributed by atoms with E-state index in [0.29, 0.717) is 6.54 Å². The lowest BCUT2D eigenvalue weighted by Gasteiger charge is -2.26. The Balaban J connectivity index is 1.50. The van der Waals surface area contributed by atoms with Crippen molar-refractivity contribution in [1.29, 1.82) is 0 Å². The summed E-state index contributed by atoms with van der Waals surface area (Å²) in [7, 11) is 0. The fourth-order valence-corrected chi connectivity index (χ4v) is 3.62. The Morgan fingerprint density at radius 2 is 1.95 bits per heavy atom. The first kappa shape index (κ1) is 14.6. The van der Waals surface area contributed by atoms with Crippen LogP contribution < -0.4 is 10.6 Å². The van der Waals surface area contributed by atoms with Gasteiger partial charge in [0, 0.05) is 25.6 Å². The van der Waals surface area contributed by atoms with Gasteiger partial charge in [-0.05, 0) is 48.3 Å². The number of carbonyl (C=O) groups excluding carboxylic acids is 1. The van der Waals surface area contributed by atoms with Crippen molar-refractivity contribution in [3.8, 4) is 0 Å². The molecule has 0 atom stereocenters. The Morgan fingerprint density at radius 3 is 2.71 bits per heavy atom. The Labute approximate surface area is 127 Å². The zero-order valence-electron chi connectivity index (χ0n) is 13.0. The molecular formula is C18H26N2O. The number of hydrogen-bond acceptors (Lipinski definition) is 2. The molecule has 0 unspecified atom stereocenters. The van der Waals surface area contributed by atoms with Crippen molar-refractivity contribution >= 4 is 5.91 Å². The molecule has 1 aliphatic heterocycles. The van der Waals surface area contributed by atoms with Gasteiger partial charge in [-0.3, -0.25) is 4.79 Å². The predicted octanol–water partition coefficient (Wildman–Crippen LogP) is 3.12. The monoisotopic (exact) mass is 286 g/mol. The Kier molecular flexibility index (Phi) is 4.59. The van der Waals surface area contributed by atoms with Gasteiger partial charge < -0.3 is 10.6 Å². The lowest BCUT2D eigenvalue weighted by molar-refractivity contribution is -0.126. The van der Waals surface area contributed by atoms with Crippen molar-refractivity contribution in [2.75, 3.05) is 0 Å². The van der Waals surface area contributed by atoms with Crippen LogP contribution in [-0.2, 0) is 24.4 Å². The molecule has 1 aromatic carbocycles. The van der Waals surface area contributed by atoms with Crippen LogP contribution in [0.4, 0.5) is 0 Å². The fraction of sp³-hybridized carbons (Fsp3) is 0.611. The minimum absolute atomic E-state index is 0.240. The average Bonchev–Trinajstić information content (AvgIpc) is 3.00. The minimum Gasteiger partial charge on any atom is -0.352 e. The van der Waals surface area contributed by atoms with Crippen LogP contribution in [0.2, 0.25) is 0 Å². The second-order valence-corrected chi connectivity index (χ2v) is 6.55. The van der Waals surface area contributed by atoms with Crippen LogP contribution in [-0.4, -0.2) is 5.91 Å². The molecule has 1 fully saturated rings. The van der Waals surface area contributed by atoms with E-state index >= 15 is 0 Å². The Bertz CT molecular complexity index is 504. The van der Waals surface area contributed by atoms with Crippen LogP contribution in [0.1, 0.15) is 55.7 Å². The summed E-state index contributed by atoms with van der Waals surface area (Å²) in [5.41, 5.74) is 3.99. The predicted molar refractivity (Wildman–Crippen MR) is 84.6 cm³/mol. The third kappa shape index (κ3) is 3.46. The lowest BCUT2D eigenvalue weighted by atomic mass is 9.80. The van der Waals surface area contributed by atoms with E-state index in [1.165, 1.54) is 36.0 Å². The summed E-state index contributed by atoms with van der Waals surface area (Å²) < 4.78 is 0. The lowest BCUT2D eigenvalue weighted by Crippen LogP contribution is -2.32. The van der Waals surface area contributed by atoms with E-state index in [1.807, 2.05) is 0 Å². The highest BCUT2D eigenvalue weighted by Crippen LogP contribution is 2.30. The maximum atomic E-state index is 12.3. The molecule has 0 aromatic heterocycles. The van der Waals surface area contributed by atoms with Crippen molar-refractivity contribution in [3.05, 3.63) is 34.9 Å². The number of fused-ring (bicyclic) bond motifs is 1. The van der Waals surface area contributed by atoms with Crippen molar-refractivity contribution in [2.24, 2.45) is 11.8 Å². The zero-order valence-corrected chi connectivity index (χ0v) is 13.0. The van der Waals surface area contributed by atoms with Gasteiger partial charge in [-0.1, -0.05) is 31.5 Å². The van der Waals surface area contributed by atoms with E-state index in [2.05, 4.69) is 35.8 Å². The average molecular weight is 286 g/mol. The number of rotatable bonds is 4. The van der Waals surface area contributed by atoms with E-state index in [4.69, 9.17) is 0 Å². The van der Waals surface area contributed by atoms with Gasteiger partial charge in [0.1, 0.15) is 0 Å². The molecule has 2 aliphatic rings. The minimum atomic E-state index is 0.240. The topological polar surface area (TPSA) is 41.1 Å². The van der Waals surface area contributed by atoms with E-state index in [0.717, 1.165) is 31.8 Å². The fourth-order valence-electron chi connectivity index (χ4n) is 3.62. The van der Waals surface area contributed by atoms with E-state index in [-0.39, 0.29) is 11.8 Å². The van der Waals surface area contributed by atoms with Gasteiger partial charge in [-0.2, -0.15) is 0 Å². The summed E-state index contributed by atoms with van der Waals surface area (Å²) in [5, 5.41) is 6.49. The highest BCUT2D eigenvalue weighted by molar-refractivity contribution is 5.78. The van der Waals surface area contributed by atoms with Gasteiger partial charge in [-0.15, -0.1) is 0 Å². The second kappa shape index (κ2) is 6.61. The molecule has 21 heavy (non-hydrogen) atoms. The molecule has 0 radical (unpaired) electrons. The molecule has 3 nitrogen and oxygen atoms in total. The van der Waals surface area contributed by atoms with Crippen LogP contribution in [0, 0.1) is 11.8 Å². The highest BCUT2D eigenvalue weighted by atomic mass is 16.1. The number of nitrogens with one attached hydrogen (secondary N) is 2. The first-order valence-electron chi connectivity index (χ1n) is 8.35. The van der Waals surface area contributed by atoms with Gasteiger partial charge in [0.15, 0.2) is 0 Å². The summed E-state index contributed by atoms with van der Waals surface area (Å²) in [4.78, 5) is 12.3. The van der Waals surface area contributed by atoms with Crippen molar-refractivity contribution < 1.29 is 4.79 Å². The third-order valence-electron chi connectivity index (χ3n) is 5.16. The van der Waals surface area contributed by atoms with Crippen molar-refractivity contribution in [1.82, 2.24) is 10.6 Å². The standard InChI is InChI=1S/C18H26N2O/c1-2-13-3-6-15(7-4-13)18(21)20-10-14-5-8-16-11-19-12-17(16)9-14/h5,8-9,13,15,19H,2-4,6-7,10-12H2,1H3,(H,20,21). The zero-order chi connectivity index (χ0) is 14.7. The second-order valence-electron chi connectivity index (χ2n) is 6.55. The molecule has 0 bridgehead atoms. The third-order valence-corrected chi connectivity index (χ3v) is 5.16. The maximum absolute atomic E-state index is 12.3. The van der Waals surface area contributed by atoms with E-state index in [9.17, 15) is 4.79 Å². The van der Waals surface area contributed by atoms with Crippen LogP contribution in [0.5, 0.6) is 0 Å². The summed E-state index contributed by atoms with van der Waals surface area (Å²) in [6.45, 7) is 4.86. The van der Waals surface area contributed by atoms with Crippen molar-refractivity contribution in [3.63, 3.8) is 0 Å². The van der Waals surface area contributed by atoms with Crippen LogP contribution in [0.3, 0.4) is 0 Å². The molecule has 1 heterocycles. The first-order chi connectivity index (χ1) is 10.3. The number of hydrogen-bond donors (Lipinski definition) is 2. The SMILES string of the molecule is CCC1CCC(C(=O)NCc2ccc3c(c2)CNC3)CC1. The van der Waals surface area contributed by atoms with Crippen molar-refractivity contribution in [2.45, 2.75) is 58.7 Å². The van der Waals surface area contributed by atoms with Gasteiger partial charge >= 0.3 is 0 Å². The molecular weight excluding hydrogens is 260 g/mol. The molecule has 1 aromatic rings. The Morgan fingerprint density at radius 1 is 1.19 bits per heavy atom. The molecule has 114 valence electrons. The molecule has 3 heteroatoms. The summed E-state index contributed by atoms with van der Waals surface area (Å²) >= 11 is 0. The highest BCUT2D eigenvalue weighted by Gasteiger charge is 2.25. The normalized spacial score (nSPS) is 24.6. The number of carbonyl (C=O) groups is 1. The number of benzene rings is 1. The van der Waals surface area contributed by atoms with Gasteiger partial charge in [0.05, 0.1) is 0 Å². The van der Waals surface area contributed by atoms with Crippen LogP contribution in [0.15, 0.2) is 18.2 Å². The summed E-state index contributed by atoms with van der Waals surface area (Å²) in [6, 6.07) is 6.55. The van der Waals surface area contributed by atoms with Crippen LogP contribution >= 0.6 is 0 Å². The van der Waals surface area contributed by atoms with Crippen LogP contribution in [0.25, 0.3) is 0 Å². The first-order valence-corrected chi connectivity index (χ1v) is 8.35. The summed E-state index contributed by atoms with van der Waals surface area (Å²) in [5.74, 6) is 1.34. The molecule has 1 amide bonds. The summed E-state index contributed by atoms with van der Waals surface area (Å²) in [6.07, 6.45) is 5.84. The van der Waals surface area contributed by atoms with Gasteiger partial charge in [0.25, 0.3) is 0 Å². The molecule has 1 saturated carbocycles. The number of amides is 1. The maximum Gasteiger partial charge on any atom is 0.223 e.